The van der Waals surface area contributed by atoms with Gasteiger partial charge in [-0.05, 0) is 156 Å². The van der Waals surface area contributed by atoms with Crippen molar-refractivity contribution in [3.8, 4) is 33.4 Å². The Bertz CT molecular complexity index is 3760. The second-order valence-electron chi connectivity index (χ2n) is 22.1. The zero-order chi connectivity index (χ0) is 47.4. The number of nitrogens with zero attached hydrogens (tertiary/aromatic N) is 2. The zero-order valence-corrected chi connectivity index (χ0v) is 41.7. The van der Waals surface area contributed by atoms with Crippen LogP contribution >= 0.6 is 11.3 Å². The number of hydrogen-bond acceptors (Lipinski definition) is 3. The SMILES string of the molecule is Cc1cc2c3c(c1)N(c1ccc(C(C)(C)C)cc1)c1c(sc4cc5c(cc14)-c1ccccc1C51c4ccccc4-c4ccccc41)B3c1ccc(-c3ccccc3)cc1N2c1ccc(C(C)(C)C)cc1. The minimum Gasteiger partial charge on any atom is -0.311 e. The molecule has 0 amide bonds. The monoisotopic (exact) mass is 916 g/mol. The predicted molar refractivity (Wildman–Crippen MR) is 300 cm³/mol. The maximum absolute atomic E-state index is 2.64. The summed E-state index contributed by atoms with van der Waals surface area (Å²) in [5.74, 6) is 0. The van der Waals surface area contributed by atoms with E-state index in [4.69, 9.17) is 0 Å². The lowest BCUT2D eigenvalue weighted by Crippen LogP contribution is -2.60. The van der Waals surface area contributed by atoms with Crippen LogP contribution < -0.4 is 25.5 Å². The number of aryl methyl sites for hydroxylation is 1. The molecule has 0 fully saturated rings. The van der Waals surface area contributed by atoms with Crippen LogP contribution in [0.2, 0.25) is 0 Å². The van der Waals surface area contributed by atoms with Crippen molar-refractivity contribution in [1.82, 2.24) is 0 Å². The summed E-state index contributed by atoms with van der Waals surface area (Å²) in [5, 5.41) is 1.31. The number of rotatable bonds is 3. The first-order valence-corrected chi connectivity index (χ1v) is 25.8. The number of hydrogen-bond donors (Lipinski definition) is 0. The minimum atomic E-state index is -0.415. The molecule has 1 aromatic heterocycles. The molecule has 0 unspecified atom stereocenters. The largest absolute Gasteiger partial charge is 0.311 e. The van der Waals surface area contributed by atoms with Gasteiger partial charge in [-0.1, -0.05) is 181 Å². The second kappa shape index (κ2) is 14.6. The Morgan fingerprint density at radius 1 is 0.443 bits per heavy atom. The molecule has 1 spiro atoms. The summed E-state index contributed by atoms with van der Waals surface area (Å²) in [6, 6.07) is 74.7. The summed E-state index contributed by atoms with van der Waals surface area (Å²) < 4.78 is 2.71. The second-order valence-corrected chi connectivity index (χ2v) is 23.2. The molecule has 0 N–H and O–H groups in total. The average Bonchev–Trinajstić information content (AvgIpc) is 3.99. The van der Waals surface area contributed by atoms with Gasteiger partial charge in [0.05, 0.1) is 11.1 Å². The van der Waals surface area contributed by atoms with Crippen molar-refractivity contribution < 1.29 is 0 Å². The first kappa shape index (κ1) is 41.6. The van der Waals surface area contributed by atoms with E-state index < -0.39 is 5.41 Å². The molecule has 2 aliphatic heterocycles. The van der Waals surface area contributed by atoms with E-state index in [0.29, 0.717) is 0 Å². The Morgan fingerprint density at radius 3 is 1.53 bits per heavy atom. The lowest BCUT2D eigenvalue weighted by atomic mass is 9.36. The molecule has 0 bridgehead atoms. The highest BCUT2D eigenvalue weighted by Gasteiger charge is 2.52. The van der Waals surface area contributed by atoms with E-state index in [0.717, 1.165) is 0 Å². The molecular formula is C66H53BN2S. The summed E-state index contributed by atoms with van der Waals surface area (Å²) >= 11 is 2.00. The van der Waals surface area contributed by atoms with Crippen molar-refractivity contribution in [2.24, 2.45) is 0 Å². The lowest BCUT2D eigenvalue weighted by molar-refractivity contribution is 0.590. The van der Waals surface area contributed by atoms with E-state index in [1.807, 2.05) is 11.3 Å². The van der Waals surface area contributed by atoms with Gasteiger partial charge in [0.1, 0.15) is 0 Å². The van der Waals surface area contributed by atoms with Crippen LogP contribution in [0.1, 0.15) is 80.5 Å². The van der Waals surface area contributed by atoms with Gasteiger partial charge in [0.15, 0.2) is 0 Å². The van der Waals surface area contributed by atoms with Gasteiger partial charge in [0.2, 0.25) is 0 Å². The van der Waals surface area contributed by atoms with E-state index in [-0.39, 0.29) is 17.5 Å². The van der Waals surface area contributed by atoms with Crippen LogP contribution in [0.5, 0.6) is 0 Å². The van der Waals surface area contributed by atoms with E-state index in [9.17, 15) is 0 Å². The standard InChI is InChI=1S/C66H53BN2S/c1-40-35-58-61-59(36-40)69(46-32-28-44(29-33-46)65(5,6)7)62-51-38-50-49-21-13-16-24-54(49)66(52-22-14-11-19-47(52)48-20-12-15-23-53(48)66)55(50)39-60(51)70-63(62)67(61)56-34-25-42(41-17-9-8-10-18-41)37-57(56)68(58)45-30-26-43(27-31-45)64(2,3)4/h8-39H,1-7H3. The van der Waals surface area contributed by atoms with Crippen LogP contribution in [0.3, 0.4) is 0 Å². The molecule has 70 heavy (non-hydrogen) atoms. The number of fused-ring (bicyclic) bond motifs is 16. The first-order chi connectivity index (χ1) is 33.9. The summed E-state index contributed by atoms with van der Waals surface area (Å²) in [7, 11) is 0. The molecule has 10 aromatic rings. The Balaban J connectivity index is 1.08. The molecule has 0 radical (unpaired) electrons. The van der Waals surface area contributed by atoms with Gasteiger partial charge in [-0.25, -0.2) is 0 Å². The van der Waals surface area contributed by atoms with Gasteiger partial charge < -0.3 is 9.80 Å². The number of benzene rings is 9. The molecule has 14 rings (SSSR count). The van der Waals surface area contributed by atoms with Crippen molar-refractivity contribution >= 4 is 78.0 Å². The van der Waals surface area contributed by atoms with Crippen LogP contribution in [0.4, 0.5) is 34.1 Å². The Kier molecular flexibility index (Phi) is 8.65. The van der Waals surface area contributed by atoms with Crippen molar-refractivity contribution in [1.29, 1.82) is 0 Å². The summed E-state index contributed by atoms with van der Waals surface area (Å²) in [6.07, 6.45) is 0. The molecule has 4 heteroatoms. The van der Waals surface area contributed by atoms with E-state index in [1.165, 1.54) is 132 Å². The molecule has 4 aliphatic rings. The fraction of sp³-hybridized carbons (Fsp3) is 0.152. The Morgan fingerprint density at radius 2 is 0.957 bits per heavy atom. The first-order valence-electron chi connectivity index (χ1n) is 24.9. The minimum absolute atomic E-state index is 0.0111. The van der Waals surface area contributed by atoms with Crippen molar-refractivity contribution in [2.45, 2.75) is 64.7 Å². The Hall–Kier alpha value is -7.40. The van der Waals surface area contributed by atoms with Gasteiger partial charge in [0, 0.05) is 43.3 Å². The molecule has 2 nitrogen and oxygen atoms in total. The van der Waals surface area contributed by atoms with Crippen molar-refractivity contribution in [2.75, 3.05) is 9.80 Å². The molecule has 336 valence electrons. The molecule has 3 heterocycles. The smallest absolute Gasteiger partial charge is 0.264 e. The third-order valence-corrected chi connectivity index (χ3v) is 17.2. The Labute approximate surface area is 416 Å². The highest BCUT2D eigenvalue weighted by Crippen LogP contribution is 2.64. The highest BCUT2D eigenvalue weighted by atomic mass is 32.1. The highest BCUT2D eigenvalue weighted by molar-refractivity contribution is 7.33. The van der Waals surface area contributed by atoms with Crippen LogP contribution in [0.25, 0.3) is 43.5 Å². The summed E-state index contributed by atoms with van der Waals surface area (Å²) in [5.41, 5.74) is 26.9. The zero-order valence-electron chi connectivity index (χ0n) is 40.9. The average molecular weight is 917 g/mol. The van der Waals surface area contributed by atoms with Crippen LogP contribution in [-0.2, 0) is 16.2 Å². The lowest BCUT2D eigenvalue weighted by Gasteiger charge is -2.43. The molecule has 2 aliphatic carbocycles. The fourth-order valence-electron chi connectivity index (χ4n) is 12.8. The van der Waals surface area contributed by atoms with Crippen LogP contribution in [0.15, 0.2) is 194 Å². The molecule has 0 atom stereocenters. The third-order valence-electron chi connectivity index (χ3n) is 16.0. The van der Waals surface area contributed by atoms with Gasteiger partial charge in [-0.15, -0.1) is 11.3 Å². The van der Waals surface area contributed by atoms with Gasteiger partial charge in [0.25, 0.3) is 6.71 Å². The topological polar surface area (TPSA) is 6.48 Å². The van der Waals surface area contributed by atoms with Crippen LogP contribution in [0, 0.1) is 6.92 Å². The molecule has 0 saturated carbocycles. The normalized spacial score (nSPS) is 14.5. The summed E-state index contributed by atoms with van der Waals surface area (Å²) in [4.78, 5) is 5.20. The van der Waals surface area contributed by atoms with E-state index in [1.54, 1.807) is 0 Å². The number of anilines is 6. The maximum atomic E-state index is 2.64. The summed E-state index contributed by atoms with van der Waals surface area (Å²) in [6.45, 7) is 16.1. The van der Waals surface area contributed by atoms with Crippen molar-refractivity contribution in [3.05, 3.63) is 233 Å². The van der Waals surface area contributed by atoms with E-state index in [2.05, 4.69) is 252 Å². The van der Waals surface area contributed by atoms with Crippen LogP contribution in [-0.4, -0.2) is 6.71 Å². The van der Waals surface area contributed by atoms with Crippen molar-refractivity contribution in [3.63, 3.8) is 0 Å². The van der Waals surface area contributed by atoms with E-state index >= 15 is 0 Å². The van der Waals surface area contributed by atoms with Gasteiger partial charge >= 0.3 is 0 Å². The predicted octanol–water partition coefficient (Wildman–Crippen LogP) is 15.9. The van der Waals surface area contributed by atoms with Gasteiger partial charge in [-0.3, -0.25) is 0 Å². The number of thiophene rings is 1. The molecule has 9 aromatic carbocycles. The molecule has 0 saturated heterocycles. The quantitative estimate of drug-likeness (QED) is 0.163. The van der Waals surface area contributed by atoms with Gasteiger partial charge in [-0.2, -0.15) is 0 Å². The third kappa shape index (κ3) is 5.69. The maximum Gasteiger partial charge on any atom is 0.264 e. The fourth-order valence-corrected chi connectivity index (χ4v) is 14.1. The molecular weight excluding hydrogens is 864 g/mol.